The van der Waals surface area contributed by atoms with Crippen LogP contribution in [0.2, 0.25) is 0 Å². The van der Waals surface area contributed by atoms with Gasteiger partial charge in [-0.15, -0.1) is 5.11 Å². The van der Waals surface area contributed by atoms with Crippen LogP contribution in [-0.4, -0.2) is 17.7 Å². The van der Waals surface area contributed by atoms with Gasteiger partial charge < -0.3 is 9.84 Å². The zero-order valence-corrected chi connectivity index (χ0v) is 12.1. The van der Waals surface area contributed by atoms with Crippen LogP contribution in [-0.2, 0) is 9.53 Å². The molecule has 1 aromatic carbocycles. The third kappa shape index (κ3) is 4.84. The summed E-state index contributed by atoms with van der Waals surface area (Å²) in [6, 6.07) is 7.37. The summed E-state index contributed by atoms with van der Waals surface area (Å²) in [7, 11) is 0. The van der Waals surface area contributed by atoms with Gasteiger partial charge in [0.25, 0.3) is 0 Å². The van der Waals surface area contributed by atoms with E-state index in [1.807, 2.05) is 26.0 Å². The fraction of sp³-hybridized carbons (Fsp3) is 0.400. The number of hydrogen-bond acceptors (Lipinski definition) is 5. The molecular formula is C15H20N2O3. The highest BCUT2D eigenvalue weighted by atomic mass is 16.5. The molecule has 0 saturated carbocycles. The van der Waals surface area contributed by atoms with E-state index in [9.17, 15) is 9.90 Å². The molecule has 0 spiro atoms. The Morgan fingerprint density at radius 2 is 1.90 bits per heavy atom. The first-order chi connectivity index (χ1) is 9.58. The van der Waals surface area contributed by atoms with Gasteiger partial charge in [0.15, 0.2) is 0 Å². The summed E-state index contributed by atoms with van der Waals surface area (Å²) in [5, 5.41) is 17.7. The highest BCUT2D eigenvalue weighted by Gasteiger charge is 2.16. The zero-order chi connectivity index (χ0) is 15.0. The number of hydrogen-bond donors (Lipinski definition) is 1. The summed E-state index contributed by atoms with van der Waals surface area (Å²) in [5.41, 5.74) is 1.59. The molecule has 0 radical (unpaired) electrons. The second kappa shape index (κ2) is 8.09. The number of nitrogens with zero attached hydrogens (tertiary/aromatic N) is 2. The van der Waals surface area contributed by atoms with Crippen molar-refractivity contribution in [3.8, 4) is 0 Å². The fourth-order valence-electron chi connectivity index (χ4n) is 1.49. The maximum Gasteiger partial charge on any atom is 0.362 e. The van der Waals surface area contributed by atoms with Crippen molar-refractivity contribution in [2.24, 2.45) is 10.2 Å². The lowest BCUT2D eigenvalue weighted by molar-refractivity contribution is -0.138. The predicted molar refractivity (Wildman–Crippen MR) is 76.9 cm³/mol. The van der Waals surface area contributed by atoms with Crippen molar-refractivity contribution in [3.63, 3.8) is 0 Å². The van der Waals surface area contributed by atoms with Crippen molar-refractivity contribution in [1.82, 2.24) is 0 Å². The lowest BCUT2D eigenvalue weighted by atomic mass is 10.2. The molecule has 0 amide bonds. The Morgan fingerprint density at radius 3 is 2.45 bits per heavy atom. The predicted octanol–water partition coefficient (Wildman–Crippen LogP) is 4.21. The molecular weight excluding hydrogens is 256 g/mol. The monoisotopic (exact) mass is 276 g/mol. The normalized spacial score (nSPS) is 12.3. The standard InChI is InChI=1S/C15H20N2O3/c1-4-6-13(18)14(15(19)20-5-2)17-16-12-9-7-11(3)8-10-12/h7-10,18H,4-6H2,1-3H3/b14-13-,17-16?. The number of ether oxygens (including phenoxy) is 1. The van der Waals surface area contributed by atoms with Gasteiger partial charge >= 0.3 is 5.97 Å². The summed E-state index contributed by atoms with van der Waals surface area (Å²) in [4.78, 5) is 11.7. The average molecular weight is 276 g/mol. The van der Waals surface area contributed by atoms with Crippen molar-refractivity contribution < 1.29 is 14.6 Å². The molecule has 1 N–H and O–H groups in total. The van der Waals surface area contributed by atoms with Gasteiger partial charge in [-0.05, 0) is 32.4 Å². The number of azo groups is 1. The summed E-state index contributed by atoms with van der Waals surface area (Å²) < 4.78 is 4.87. The second-order valence-electron chi connectivity index (χ2n) is 4.30. The van der Waals surface area contributed by atoms with E-state index < -0.39 is 5.97 Å². The number of esters is 1. The number of aliphatic hydroxyl groups excluding tert-OH is 1. The van der Waals surface area contributed by atoms with Crippen LogP contribution in [0.5, 0.6) is 0 Å². The van der Waals surface area contributed by atoms with E-state index in [0.717, 1.165) is 5.56 Å². The summed E-state index contributed by atoms with van der Waals surface area (Å²) >= 11 is 0. The van der Waals surface area contributed by atoms with Crippen molar-refractivity contribution >= 4 is 11.7 Å². The van der Waals surface area contributed by atoms with Crippen molar-refractivity contribution in [2.75, 3.05) is 6.61 Å². The van der Waals surface area contributed by atoms with Gasteiger partial charge in [0.1, 0.15) is 5.76 Å². The number of benzene rings is 1. The van der Waals surface area contributed by atoms with Gasteiger partial charge in [-0.3, -0.25) is 0 Å². The van der Waals surface area contributed by atoms with E-state index in [2.05, 4.69) is 10.2 Å². The Hall–Kier alpha value is -2.17. The van der Waals surface area contributed by atoms with Crippen LogP contribution in [0.15, 0.2) is 46.0 Å². The van der Waals surface area contributed by atoms with Crippen LogP contribution in [0.25, 0.3) is 0 Å². The number of carbonyl (C=O) groups excluding carboxylic acids is 1. The Morgan fingerprint density at radius 1 is 1.25 bits per heavy atom. The Labute approximate surface area is 119 Å². The lowest BCUT2D eigenvalue weighted by Gasteiger charge is -2.04. The first-order valence-corrected chi connectivity index (χ1v) is 6.66. The lowest BCUT2D eigenvalue weighted by Crippen LogP contribution is -2.08. The molecule has 5 heteroatoms. The SMILES string of the molecule is CCC/C(O)=C(/N=Nc1ccc(C)cc1)C(=O)OCC. The molecule has 0 heterocycles. The summed E-state index contributed by atoms with van der Waals surface area (Å²) in [6.45, 7) is 5.79. The van der Waals surface area contributed by atoms with E-state index in [4.69, 9.17) is 4.74 Å². The number of aryl methyl sites for hydroxylation is 1. The topological polar surface area (TPSA) is 71.2 Å². The molecule has 0 aliphatic heterocycles. The van der Waals surface area contributed by atoms with Crippen LogP contribution in [0.3, 0.4) is 0 Å². The van der Waals surface area contributed by atoms with E-state index in [0.29, 0.717) is 18.5 Å². The molecule has 0 atom stereocenters. The number of rotatable bonds is 6. The Bertz CT molecular complexity index is 504. The van der Waals surface area contributed by atoms with Crippen LogP contribution < -0.4 is 0 Å². The van der Waals surface area contributed by atoms with Gasteiger partial charge in [0.2, 0.25) is 5.70 Å². The number of carbonyl (C=O) groups is 1. The zero-order valence-electron chi connectivity index (χ0n) is 12.1. The van der Waals surface area contributed by atoms with Gasteiger partial charge in [-0.25, -0.2) is 4.79 Å². The maximum absolute atomic E-state index is 11.7. The molecule has 108 valence electrons. The summed E-state index contributed by atoms with van der Waals surface area (Å²) in [5.74, 6) is -0.754. The second-order valence-corrected chi connectivity index (χ2v) is 4.30. The molecule has 0 fully saturated rings. The smallest absolute Gasteiger partial charge is 0.362 e. The number of aliphatic hydroxyl groups is 1. The van der Waals surface area contributed by atoms with Crippen LogP contribution in [0.1, 0.15) is 32.3 Å². The molecule has 20 heavy (non-hydrogen) atoms. The van der Waals surface area contributed by atoms with Crippen molar-refractivity contribution in [1.29, 1.82) is 0 Å². The third-order valence-electron chi connectivity index (χ3n) is 2.53. The van der Waals surface area contributed by atoms with E-state index in [1.54, 1.807) is 19.1 Å². The highest BCUT2D eigenvalue weighted by Crippen LogP contribution is 2.17. The molecule has 0 unspecified atom stereocenters. The van der Waals surface area contributed by atoms with Crippen molar-refractivity contribution in [2.45, 2.75) is 33.6 Å². The van der Waals surface area contributed by atoms with E-state index in [-0.39, 0.29) is 18.1 Å². The van der Waals surface area contributed by atoms with Crippen LogP contribution in [0, 0.1) is 6.92 Å². The Kier molecular flexibility index (Phi) is 6.43. The minimum Gasteiger partial charge on any atom is -0.510 e. The van der Waals surface area contributed by atoms with Gasteiger partial charge in [0, 0.05) is 6.42 Å². The highest BCUT2D eigenvalue weighted by molar-refractivity contribution is 5.88. The quantitative estimate of drug-likeness (QED) is 0.366. The minimum atomic E-state index is -0.658. The first-order valence-electron chi connectivity index (χ1n) is 6.66. The molecule has 5 nitrogen and oxygen atoms in total. The largest absolute Gasteiger partial charge is 0.510 e. The minimum absolute atomic E-state index is 0.0955. The van der Waals surface area contributed by atoms with Crippen LogP contribution >= 0.6 is 0 Å². The molecule has 0 aliphatic rings. The van der Waals surface area contributed by atoms with Gasteiger partial charge in [-0.1, -0.05) is 24.6 Å². The molecule has 0 saturated heterocycles. The van der Waals surface area contributed by atoms with E-state index >= 15 is 0 Å². The van der Waals surface area contributed by atoms with Crippen molar-refractivity contribution in [3.05, 3.63) is 41.3 Å². The maximum atomic E-state index is 11.7. The van der Waals surface area contributed by atoms with Gasteiger partial charge in [-0.2, -0.15) is 5.11 Å². The third-order valence-corrected chi connectivity index (χ3v) is 2.53. The molecule has 0 aliphatic carbocycles. The molecule has 1 aromatic rings. The molecule has 0 bridgehead atoms. The first kappa shape index (κ1) is 15.9. The van der Waals surface area contributed by atoms with Crippen LogP contribution in [0.4, 0.5) is 5.69 Å². The van der Waals surface area contributed by atoms with E-state index in [1.165, 1.54) is 0 Å². The molecule has 1 rings (SSSR count). The Balaban J connectivity index is 2.97. The average Bonchev–Trinajstić information content (AvgIpc) is 2.42. The molecule has 0 aromatic heterocycles. The van der Waals surface area contributed by atoms with Gasteiger partial charge in [0.05, 0.1) is 12.3 Å². The number of allylic oxidation sites excluding steroid dienone is 1. The fourth-order valence-corrected chi connectivity index (χ4v) is 1.49. The summed E-state index contributed by atoms with van der Waals surface area (Å²) in [6.07, 6.45) is 1.07.